The molecule has 0 atom stereocenters. The van der Waals surface area contributed by atoms with Crippen LogP contribution in [0.3, 0.4) is 0 Å². The Bertz CT molecular complexity index is 416. The lowest BCUT2D eigenvalue weighted by atomic mass is 10.1. The van der Waals surface area contributed by atoms with Crippen LogP contribution in [0.15, 0.2) is 18.2 Å². The van der Waals surface area contributed by atoms with Gasteiger partial charge in [0.1, 0.15) is 12.4 Å². The average molecular weight is 235 g/mol. The van der Waals surface area contributed by atoms with Gasteiger partial charge in [-0.05, 0) is 36.9 Å². The number of aliphatic hydroxyl groups is 1. The summed E-state index contributed by atoms with van der Waals surface area (Å²) in [5.41, 5.74) is 1.53. The third-order valence-corrected chi connectivity index (χ3v) is 2.57. The molecule has 0 heterocycles. The number of nitrogens with zero attached hydrogens (tertiary/aromatic N) is 1. The van der Waals surface area contributed by atoms with Gasteiger partial charge in [0.15, 0.2) is 0 Å². The molecular weight excluding hydrogens is 217 g/mol. The van der Waals surface area contributed by atoms with E-state index in [1.54, 1.807) is 0 Å². The van der Waals surface area contributed by atoms with Crippen molar-refractivity contribution in [3.05, 3.63) is 35.1 Å². The molecule has 92 valence electrons. The molecule has 3 heteroatoms. The molecule has 0 spiro atoms. The van der Waals surface area contributed by atoms with Gasteiger partial charge in [-0.15, -0.1) is 0 Å². The van der Waals surface area contributed by atoms with Crippen LogP contribution in [0.25, 0.3) is 0 Å². The lowest BCUT2D eigenvalue weighted by Gasteiger charge is -2.18. The molecule has 1 aromatic rings. The summed E-state index contributed by atoms with van der Waals surface area (Å²) in [7, 11) is 0. The molecule has 0 fully saturated rings. The predicted molar refractivity (Wildman–Crippen MR) is 67.0 cm³/mol. The van der Waals surface area contributed by atoms with Gasteiger partial charge in [-0.25, -0.2) is 4.39 Å². The molecular formula is C14H18FNO. The van der Waals surface area contributed by atoms with E-state index in [1.807, 2.05) is 6.07 Å². The van der Waals surface area contributed by atoms with Gasteiger partial charge in [-0.3, -0.25) is 4.90 Å². The van der Waals surface area contributed by atoms with Crippen LogP contribution in [0.5, 0.6) is 0 Å². The standard InChI is InChI=1S/C14H18FNO/c1-3-16(4-2)11-13-8-12(6-5-7-17)9-14(15)10-13/h8-10,17H,3-4,7,11H2,1-2H3. The van der Waals surface area contributed by atoms with E-state index in [0.717, 1.165) is 25.2 Å². The summed E-state index contributed by atoms with van der Waals surface area (Å²) in [6.07, 6.45) is 0. The van der Waals surface area contributed by atoms with Crippen LogP contribution in [0, 0.1) is 17.7 Å². The highest BCUT2D eigenvalue weighted by atomic mass is 19.1. The van der Waals surface area contributed by atoms with Crippen molar-refractivity contribution in [2.75, 3.05) is 19.7 Å². The van der Waals surface area contributed by atoms with Crippen LogP contribution in [0.4, 0.5) is 4.39 Å². The van der Waals surface area contributed by atoms with E-state index in [1.165, 1.54) is 12.1 Å². The number of benzene rings is 1. The number of aliphatic hydroxyl groups excluding tert-OH is 1. The van der Waals surface area contributed by atoms with Crippen molar-refractivity contribution in [2.45, 2.75) is 20.4 Å². The van der Waals surface area contributed by atoms with E-state index < -0.39 is 0 Å². The second kappa shape index (κ2) is 7.05. The Morgan fingerprint density at radius 1 is 1.24 bits per heavy atom. The van der Waals surface area contributed by atoms with E-state index in [4.69, 9.17) is 5.11 Å². The monoisotopic (exact) mass is 235 g/mol. The molecule has 0 aromatic heterocycles. The van der Waals surface area contributed by atoms with Gasteiger partial charge in [0.2, 0.25) is 0 Å². The summed E-state index contributed by atoms with van der Waals surface area (Å²) in [6, 6.07) is 4.78. The topological polar surface area (TPSA) is 23.5 Å². The summed E-state index contributed by atoms with van der Waals surface area (Å²) in [5, 5.41) is 8.61. The van der Waals surface area contributed by atoms with Crippen LogP contribution >= 0.6 is 0 Å². The van der Waals surface area contributed by atoms with Crippen LogP contribution in [-0.2, 0) is 6.54 Å². The third-order valence-electron chi connectivity index (χ3n) is 2.57. The summed E-state index contributed by atoms with van der Waals surface area (Å²) < 4.78 is 13.4. The van der Waals surface area contributed by atoms with Gasteiger partial charge in [0, 0.05) is 12.1 Å². The Balaban J connectivity index is 2.89. The van der Waals surface area contributed by atoms with Gasteiger partial charge in [0.25, 0.3) is 0 Å². The van der Waals surface area contributed by atoms with E-state index in [0.29, 0.717) is 5.56 Å². The number of hydrogen-bond acceptors (Lipinski definition) is 2. The van der Waals surface area contributed by atoms with Crippen molar-refractivity contribution < 1.29 is 9.50 Å². The highest BCUT2D eigenvalue weighted by Crippen LogP contribution is 2.11. The molecule has 0 bridgehead atoms. The van der Waals surface area contributed by atoms with Crippen molar-refractivity contribution >= 4 is 0 Å². The number of halogens is 1. The molecule has 0 unspecified atom stereocenters. The molecule has 0 radical (unpaired) electrons. The minimum absolute atomic E-state index is 0.206. The Hall–Kier alpha value is -1.37. The minimum atomic E-state index is -0.281. The van der Waals surface area contributed by atoms with Crippen molar-refractivity contribution in [1.29, 1.82) is 0 Å². The first-order chi connectivity index (χ1) is 8.19. The van der Waals surface area contributed by atoms with Crippen LogP contribution in [-0.4, -0.2) is 29.7 Å². The molecule has 0 aliphatic rings. The van der Waals surface area contributed by atoms with Gasteiger partial charge in [-0.1, -0.05) is 25.7 Å². The fourth-order valence-electron chi connectivity index (χ4n) is 1.66. The second-order valence-corrected chi connectivity index (χ2v) is 3.77. The Kier molecular flexibility index (Phi) is 5.68. The van der Waals surface area contributed by atoms with Crippen molar-refractivity contribution in [3.63, 3.8) is 0 Å². The summed E-state index contributed by atoms with van der Waals surface area (Å²) in [4.78, 5) is 2.21. The average Bonchev–Trinajstić information content (AvgIpc) is 2.32. The third kappa shape index (κ3) is 4.56. The zero-order valence-corrected chi connectivity index (χ0v) is 10.3. The van der Waals surface area contributed by atoms with Crippen molar-refractivity contribution in [1.82, 2.24) is 4.90 Å². The fraction of sp³-hybridized carbons (Fsp3) is 0.429. The van der Waals surface area contributed by atoms with Crippen LogP contribution in [0.2, 0.25) is 0 Å². The molecule has 0 saturated carbocycles. The van der Waals surface area contributed by atoms with E-state index in [9.17, 15) is 4.39 Å². The van der Waals surface area contributed by atoms with Gasteiger partial charge in [0.05, 0.1) is 0 Å². The van der Waals surface area contributed by atoms with Crippen LogP contribution < -0.4 is 0 Å². The molecule has 17 heavy (non-hydrogen) atoms. The summed E-state index contributed by atoms with van der Waals surface area (Å²) in [5.74, 6) is 4.97. The van der Waals surface area contributed by atoms with Crippen LogP contribution in [0.1, 0.15) is 25.0 Å². The highest BCUT2D eigenvalue weighted by molar-refractivity contribution is 5.37. The molecule has 0 amide bonds. The zero-order chi connectivity index (χ0) is 12.7. The first-order valence-electron chi connectivity index (χ1n) is 5.81. The highest BCUT2D eigenvalue weighted by Gasteiger charge is 2.04. The van der Waals surface area contributed by atoms with E-state index >= 15 is 0 Å². The van der Waals surface area contributed by atoms with E-state index in [-0.39, 0.29) is 12.4 Å². The Morgan fingerprint density at radius 3 is 2.53 bits per heavy atom. The maximum atomic E-state index is 13.4. The van der Waals surface area contributed by atoms with Gasteiger partial charge < -0.3 is 5.11 Å². The molecule has 1 rings (SSSR count). The largest absolute Gasteiger partial charge is 0.384 e. The lowest BCUT2D eigenvalue weighted by Crippen LogP contribution is -2.22. The lowest BCUT2D eigenvalue weighted by molar-refractivity contribution is 0.295. The van der Waals surface area contributed by atoms with Gasteiger partial charge in [-0.2, -0.15) is 0 Å². The molecule has 0 aliphatic heterocycles. The molecule has 1 aromatic carbocycles. The zero-order valence-electron chi connectivity index (χ0n) is 10.3. The molecule has 0 aliphatic carbocycles. The summed E-state index contributed by atoms with van der Waals surface area (Å²) >= 11 is 0. The van der Waals surface area contributed by atoms with E-state index in [2.05, 4.69) is 30.6 Å². The maximum Gasteiger partial charge on any atom is 0.124 e. The van der Waals surface area contributed by atoms with Crippen molar-refractivity contribution in [2.24, 2.45) is 0 Å². The maximum absolute atomic E-state index is 13.4. The van der Waals surface area contributed by atoms with Crippen molar-refractivity contribution in [3.8, 4) is 11.8 Å². The first kappa shape index (κ1) is 13.7. The number of hydrogen-bond donors (Lipinski definition) is 1. The molecule has 0 saturated heterocycles. The number of rotatable bonds is 4. The molecule has 2 nitrogen and oxygen atoms in total. The summed E-state index contributed by atoms with van der Waals surface area (Å²) in [6.45, 7) is 6.54. The Labute approximate surface area is 102 Å². The first-order valence-corrected chi connectivity index (χ1v) is 5.81. The minimum Gasteiger partial charge on any atom is -0.384 e. The smallest absolute Gasteiger partial charge is 0.124 e. The van der Waals surface area contributed by atoms with Gasteiger partial charge >= 0.3 is 0 Å². The SMILES string of the molecule is CCN(CC)Cc1cc(F)cc(C#CCO)c1. The quantitative estimate of drug-likeness (QED) is 0.807. The fourth-order valence-corrected chi connectivity index (χ4v) is 1.66. The molecule has 1 N–H and O–H groups in total. The normalized spacial score (nSPS) is 10.2. The Morgan fingerprint density at radius 2 is 1.94 bits per heavy atom. The second-order valence-electron chi connectivity index (χ2n) is 3.77. The predicted octanol–water partition coefficient (Wildman–Crippen LogP) is 2.01.